The molecular weight excluding hydrogens is 466 g/mol. The molecule has 188 valence electrons. The van der Waals surface area contributed by atoms with Crippen LogP contribution in [0, 0.1) is 0 Å². The van der Waals surface area contributed by atoms with Crippen molar-refractivity contribution >= 4 is 28.2 Å². The quantitative estimate of drug-likeness (QED) is 0.226. The number of Topliss-reactive ketones (excluding diaryl/α,β-unsaturated/α-hetero) is 1. The first-order valence-corrected chi connectivity index (χ1v) is 12.2. The second-order valence-corrected chi connectivity index (χ2v) is 9.00. The number of H-pyrrole nitrogens is 2. The van der Waals surface area contributed by atoms with Crippen LogP contribution in [0.1, 0.15) is 23.8 Å². The van der Waals surface area contributed by atoms with E-state index in [2.05, 4.69) is 30.4 Å². The van der Waals surface area contributed by atoms with Crippen molar-refractivity contribution in [2.75, 3.05) is 32.6 Å². The number of rotatable bonds is 10. The van der Waals surface area contributed by atoms with Gasteiger partial charge < -0.3 is 19.9 Å². The molecule has 0 aliphatic heterocycles. The van der Waals surface area contributed by atoms with E-state index < -0.39 is 0 Å². The second-order valence-electron chi connectivity index (χ2n) is 9.00. The van der Waals surface area contributed by atoms with Crippen LogP contribution in [0.15, 0.2) is 67.1 Å². The molecule has 3 aromatic heterocycles. The number of nitrogens with zero attached hydrogens (tertiary/aromatic N) is 4. The summed E-state index contributed by atoms with van der Waals surface area (Å²) in [6.45, 7) is 3.19. The molecule has 0 bridgehead atoms. The van der Waals surface area contributed by atoms with Gasteiger partial charge in [-0.05, 0) is 50.0 Å². The average molecular weight is 496 g/mol. The number of anilines is 2. The zero-order valence-corrected chi connectivity index (χ0v) is 21.1. The Hall–Kier alpha value is -4.50. The molecule has 0 saturated carbocycles. The molecule has 0 spiro atoms. The predicted molar refractivity (Wildman–Crippen MR) is 145 cm³/mol. The maximum atomic E-state index is 12.1. The van der Waals surface area contributed by atoms with Gasteiger partial charge in [0.15, 0.2) is 11.6 Å². The van der Waals surface area contributed by atoms with E-state index in [0.717, 1.165) is 45.6 Å². The minimum absolute atomic E-state index is 0.0857. The van der Waals surface area contributed by atoms with Gasteiger partial charge in [-0.3, -0.25) is 9.89 Å². The Morgan fingerprint density at radius 1 is 1.05 bits per heavy atom. The van der Waals surface area contributed by atoms with Crippen molar-refractivity contribution in [1.29, 1.82) is 0 Å². The summed E-state index contributed by atoms with van der Waals surface area (Å²) in [5.41, 5.74) is 5.14. The zero-order valence-electron chi connectivity index (χ0n) is 21.1. The third-order valence-electron chi connectivity index (χ3n) is 6.03. The first-order valence-electron chi connectivity index (χ1n) is 12.2. The lowest BCUT2D eigenvalue weighted by atomic mass is 10.1. The number of carbonyl (C=O) groups excluding carboxylic acids is 1. The molecule has 0 aliphatic carbocycles. The summed E-state index contributed by atoms with van der Waals surface area (Å²) >= 11 is 0. The van der Waals surface area contributed by atoms with Crippen molar-refractivity contribution in [3.63, 3.8) is 0 Å². The SMILES string of the molecule is CCC(=O)c1cc2ccc(-c3nccc(Nc4ccc(-c5cn[nH]c5)cc4OCCN(C)C)n3)cc2[nH]1. The highest BCUT2D eigenvalue weighted by Gasteiger charge is 2.12. The highest BCUT2D eigenvalue weighted by atomic mass is 16.5. The second kappa shape index (κ2) is 10.6. The third-order valence-corrected chi connectivity index (χ3v) is 6.03. The van der Waals surface area contributed by atoms with Crippen LogP contribution in [0.2, 0.25) is 0 Å². The summed E-state index contributed by atoms with van der Waals surface area (Å²) in [6, 6.07) is 15.6. The van der Waals surface area contributed by atoms with E-state index >= 15 is 0 Å². The van der Waals surface area contributed by atoms with Gasteiger partial charge in [0.2, 0.25) is 0 Å². The summed E-state index contributed by atoms with van der Waals surface area (Å²) in [5.74, 6) is 2.03. The van der Waals surface area contributed by atoms with Crippen LogP contribution < -0.4 is 10.1 Å². The number of fused-ring (bicyclic) bond motifs is 1. The number of nitrogens with one attached hydrogen (secondary N) is 3. The molecule has 9 heteroatoms. The van der Waals surface area contributed by atoms with Crippen LogP contribution in [-0.2, 0) is 0 Å². The molecule has 0 saturated heterocycles. The Morgan fingerprint density at radius 3 is 2.70 bits per heavy atom. The maximum Gasteiger partial charge on any atom is 0.178 e. The van der Waals surface area contributed by atoms with E-state index in [-0.39, 0.29) is 5.78 Å². The first kappa shape index (κ1) is 24.2. The molecule has 37 heavy (non-hydrogen) atoms. The minimum atomic E-state index is 0.0857. The molecule has 5 rings (SSSR count). The molecule has 0 fully saturated rings. The molecular formula is C28H29N7O2. The van der Waals surface area contributed by atoms with Gasteiger partial charge in [0.25, 0.3) is 0 Å². The summed E-state index contributed by atoms with van der Waals surface area (Å²) in [5, 5.41) is 11.3. The minimum Gasteiger partial charge on any atom is -0.490 e. The number of likely N-dealkylation sites (N-methyl/N-ethyl adjacent to an activating group) is 1. The maximum absolute atomic E-state index is 12.1. The van der Waals surface area contributed by atoms with E-state index in [9.17, 15) is 4.79 Å². The Kier molecular flexibility index (Phi) is 6.96. The van der Waals surface area contributed by atoms with E-state index in [4.69, 9.17) is 9.72 Å². The van der Waals surface area contributed by atoms with E-state index in [1.165, 1.54) is 0 Å². The highest BCUT2D eigenvalue weighted by Crippen LogP contribution is 2.33. The molecule has 3 heterocycles. The average Bonchev–Trinajstić information content (AvgIpc) is 3.59. The van der Waals surface area contributed by atoms with E-state index in [1.807, 2.05) is 75.7 Å². The van der Waals surface area contributed by atoms with Gasteiger partial charge >= 0.3 is 0 Å². The number of benzene rings is 2. The molecule has 0 aliphatic rings. The van der Waals surface area contributed by atoms with Crippen molar-refractivity contribution < 1.29 is 9.53 Å². The zero-order chi connectivity index (χ0) is 25.8. The molecule has 0 unspecified atom stereocenters. The topological polar surface area (TPSA) is 112 Å². The Morgan fingerprint density at radius 2 is 1.92 bits per heavy atom. The summed E-state index contributed by atoms with van der Waals surface area (Å²) in [7, 11) is 4.03. The number of aromatic nitrogens is 5. The summed E-state index contributed by atoms with van der Waals surface area (Å²) in [6.07, 6.45) is 5.82. The lowest BCUT2D eigenvalue weighted by Gasteiger charge is -2.16. The Balaban J connectivity index is 1.42. The van der Waals surface area contributed by atoms with E-state index in [0.29, 0.717) is 30.4 Å². The van der Waals surface area contributed by atoms with Crippen LogP contribution in [0.25, 0.3) is 33.4 Å². The fourth-order valence-electron chi connectivity index (χ4n) is 3.98. The van der Waals surface area contributed by atoms with Crippen molar-refractivity contribution in [2.24, 2.45) is 0 Å². The van der Waals surface area contributed by atoms with Crippen molar-refractivity contribution in [1.82, 2.24) is 30.0 Å². The van der Waals surface area contributed by atoms with Crippen LogP contribution in [-0.4, -0.2) is 63.1 Å². The largest absolute Gasteiger partial charge is 0.490 e. The van der Waals surface area contributed by atoms with Gasteiger partial charge in [-0.1, -0.05) is 25.1 Å². The molecule has 0 amide bonds. The van der Waals surface area contributed by atoms with Crippen molar-refractivity contribution in [3.8, 4) is 28.3 Å². The van der Waals surface area contributed by atoms with E-state index in [1.54, 1.807) is 12.4 Å². The lowest BCUT2D eigenvalue weighted by Crippen LogP contribution is -2.19. The first-order chi connectivity index (χ1) is 18.0. The van der Waals surface area contributed by atoms with Crippen molar-refractivity contribution in [2.45, 2.75) is 13.3 Å². The van der Waals surface area contributed by atoms with Gasteiger partial charge in [-0.2, -0.15) is 5.10 Å². The highest BCUT2D eigenvalue weighted by molar-refractivity contribution is 5.99. The van der Waals surface area contributed by atoms with Gasteiger partial charge in [-0.15, -0.1) is 0 Å². The standard InChI is InChI=1S/C28H29N7O2/c1-4-25(36)24-13-19-5-6-20(14-23(19)32-24)28-29-10-9-27(34-28)33-22-8-7-18(21-16-30-31-17-21)15-26(22)37-12-11-35(2)3/h5-10,13-17,32H,4,11-12H2,1-3H3,(H,30,31)(H,29,33,34). The number of ketones is 1. The molecule has 0 atom stereocenters. The summed E-state index contributed by atoms with van der Waals surface area (Å²) < 4.78 is 6.14. The number of ether oxygens (including phenoxy) is 1. The molecule has 9 nitrogen and oxygen atoms in total. The van der Waals surface area contributed by atoms with Crippen LogP contribution in [0.5, 0.6) is 5.75 Å². The number of carbonyl (C=O) groups is 1. The number of hydrogen-bond acceptors (Lipinski definition) is 7. The molecule has 5 aromatic rings. The molecule has 2 aromatic carbocycles. The monoisotopic (exact) mass is 495 g/mol. The molecule has 0 radical (unpaired) electrons. The van der Waals surface area contributed by atoms with Gasteiger partial charge in [0.1, 0.15) is 18.2 Å². The third kappa shape index (κ3) is 5.52. The smallest absolute Gasteiger partial charge is 0.178 e. The van der Waals surface area contributed by atoms with Gasteiger partial charge in [-0.25, -0.2) is 9.97 Å². The molecule has 3 N–H and O–H groups in total. The fraction of sp³-hybridized carbons (Fsp3) is 0.214. The normalized spacial score (nSPS) is 11.2. The Labute approximate surface area is 214 Å². The van der Waals surface area contributed by atoms with Crippen LogP contribution in [0.3, 0.4) is 0 Å². The van der Waals surface area contributed by atoms with Crippen LogP contribution >= 0.6 is 0 Å². The number of hydrogen-bond donors (Lipinski definition) is 3. The lowest BCUT2D eigenvalue weighted by molar-refractivity contribution is 0.0984. The Bertz CT molecular complexity index is 1520. The summed E-state index contributed by atoms with van der Waals surface area (Å²) in [4.78, 5) is 26.6. The van der Waals surface area contributed by atoms with Gasteiger partial charge in [0, 0.05) is 47.4 Å². The number of aromatic amines is 2. The van der Waals surface area contributed by atoms with Crippen LogP contribution in [0.4, 0.5) is 11.5 Å². The van der Waals surface area contributed by atoms with Crippen molar-refractivity contribution in [3.05, 3.63) is 72.8 Å². The fourth-order valence-corrected chi connectivity index (χ4v) is 3.98. The predicted octanol–water partition coefficient (Wildman–Crippen LogP) is 5.29. The van der Waals surface area contributed by atoms with Gasteiger partial charge in [0.05, 0.1) is 17.6 Å².